The lowest BCUT2D eigenvalue weighted by atomic mass is 10.0. The van der Waals surface area contributed by atoms with Crippen LogP contribution in [0.3, 0.4) is 0 Å². The highest BCUT2D eigenvalue weighted by atomic mass is 32.1. The molecule has 0 saturated carbocycles. The number of rotatable bonds is 4. The molecule has 1 aliphatic heterocycles. The van der Waals surface area contributed by atoms with E-state index in [0.717, 1.165) is 18.5 Å². The average Bonchev–Trinajstić information content (AvgIpc) is 3.10. The van der Waals surface area contributed by atoms with Crippen LogP contribution in [0.2, 0.25) is 0 Å². The molecule has 1 aliphatic rings. The summed E-state index contributed by atoms with van der Waals surface area (Å²) in [6.45, 7) is 3.09. The second kappa shape index (κ2) is 5.34. The van der Waals surface area contributed by atoms with Crippen molar-refractivity contribution in [2.24, 2.45) is 5.92 Å². The molecule has 1 saturated heterocycles. The molecule has 0 spiro atoms. The number of aromatic nitrogens is 2. The van der Waals surface area contributed by atoms with E-state index in [1.807, 2.05) is 28.7 Å². The van der Waals surface area contributed by atoms with Gasteiger partial charge in [0, 0.05) is 10.9 Å². The first-order chi connectivity index (χ1) is 9.65. The Balaban J connectivity index is 1.74. The van der Waals surface area contributed by atoms with Gasteiger partial charge in [-0.3, -0.25) is 9.69 Å². The summed E-state index contributed by atoms with van der Waals surface area (Å²) >= 11 is 1.57. The lowest BCUT2D eigenvalue weighted by molar-refractivity contribution is -0.143. The zero-order chi connectivity index (χ0) is 14.1. The van der Waals surface area contributed by atoms with Gasteiger partial charge in [0.25, 0.3) is 0 Å². The largest absolute Gasteiger partial charge is 0.480 e. The summed E-state index contributed by atoms with van der Waals surface area (Å²) in [5, 5.41) is 17.1. The third kappa shape index (κ3) is 2.46. The van der Waals surface area contributed by atoms with E-state index in [9.17, 15) is 9.90 Å². The third-order valence-corrected chi connectivity index (χ3v) is 4.33. The Morgan fingerprint density at radius 3 is 3.20 bits per heavy atom. The Bertz CT molecular complexity index is 596. The minimum absolute atomic E-state index is 0.145. The van der Waals surface area contributed by atoms with Gasteiger partial charge in [0.2, 0.25) is 11.7 Å². The van der Waals surface area contributed by atoms with E-state index < -0.39 is 12.0 Å². The molecule has 2 atom stereocenters. The highest BCUT2D eigenvalue weighted by Crippen LogP contribution is 2.26. The van der Waals surface area contributed by atoms with E-state index in [-0.39, 0.29) is 5.92 Å². The molecule has 20 heavy (non-hydrogen) atoms. The van der Waals surface area contributed by atoms with Crippen molar-refractivity contribution < 1.29 is 14.4 Å². The van der Waals surface area contributed by atoms with Crippen LogP contribution in [0.5, 0.6) is 0 Å². The molecule has 1 N–H and O–H groups in total. The molecule has 3 rings (SSSR count). The van der Waals surface area contributed by atoms with Crippen LogP contribution >= 0.6 is 11.3 Å². The number of thiophene rings is 1. The van der Waals surface area contributed by atoms with Crippen molar-refractivity contribution in [1.82, 2.24) is 15.0 Å². The number of likely N-dealkylation sites (tertiary alicyclic amines) is 1. The average molecular weight is 293 g/mol. The van der Waals surface area contributed by atoms with E-state index in [4.69, 9.17) is 4.52 Å². The fraction of sp³-hybridized carbons (Fsp3) is 0.462. The van der Waals surface area contributed by atoms with Gasteiger partial charge >= 0.3 is 5.97 Å². The summed E-state index contributed by atoms with van der Waals surface area (Å²) in [6.07, 6.45) is 0.877. The fourth-order valence-corrected chi connectivity index (χ4v) is 3.24. The van der Waals surface area contributed by atoms with Crippen LogP contribution in [0.25, 0.3) is 11.4 Å². The minimum atomic E-state index is -0.785. The molecule has 2 aromatic rings. The number of hydrogen-bond acceptors (Lipinski definition) is 6. The van der Waals surface area contributed by atoms with Crippen LogP contribution in [0.15, 0.2) is 21.3 Å². The maximum absolute atomic E-state index is 11.3. The highest BCUT2D eigenvalue weighted by Gasteiger charge is 2.37. The molecule has 2 unspecified atom stereocenters. The van der Waals surface area contributed by atoms with Crippen LogP contribution in [0.1, 0.15) is 19.2 Å². The molecule has 1 fully saturated rings. The summed E-state index contributed by atoms with van der Waals surface area (Å²) in [5.74, 6) is 0.381. The first kappa shape index (κ1) is 13.3. The second-order valence-corrected chi connectivity index (χ2v) is 5.82. The van der Waals surface area contributed by atoms with Crippen molar-refractivity contribution >= 4 is 17.3 Å². The number of hydrogen-bond donors (Lipinski definition) is 1. The molecule has 2 aromatic heterocycles. The van der Waals surface area contributed by atoms with Gasteiger partial charge in [-0.25, -0.2) is 0 Å². The molecule has 7 heteroatoms. The van der Waals surface area contributed by atoms with E-state index in [0.29, 0.717) is 18.3 Å². The smallest absolute Gasteiger partial charge is 0.321 e. The summed E-state index contributed by atoms with van der Waals surface area (Å²) in [7, 11) is 0. The molecular formula is C13H15N3O3S. The number of nitrogens with zero attached hydrogens (tertiary/aromatic N) is 3. The molecular weight excluding hydrogens is 278 g/mol. The molecule has 0 bridgehead atoms. The van der Waals surface area contributed by atoms with Crippen LogP contribution in [-0.2, 0) is 11.3 Å². The van der Waals surface area contributed by atoms with Gasteiger partial charge in [0.15, 0.2) is 0 Å². The quantitative estimate of drug-likeness (QED) is 0.930. The fourth-order valence-electron chi connectivity index (χ4n) is 2.61. The lowest BCUT2D eigenvalue weighted by Crippen LogP contribution is -2.38. The van der Waals surface area contributed by atoms with Gasteiger partial charge < -0.3 is 9.63 Å². The van der Waals surface area contributed by atoms with Gasteiger partial charge in [0.1, 0.15) is 6.04 Å². The Kier molecular flexibility index (Phi) is 3.54. The lowest BCUT2D eigenvalue weighted by Gasteiger charge is -2.20. The van der Waals surface area contributed by atoms with Gasteiger partial charge in [0.05, 0.1) is 6.54 Å². The van der Waals surface area contributed by atoms with Crippen molar-refractivity contribution in [2.75, 3.05) is 6.54 Å². The first-order valence-corrected chi connectivity index (χ1v) is 7.41. The van der Waals surface area contributed by atoms with E-state index >= 15 is 0 Å². The number of carboxylic acids is 1. The van der Waals surface area contributed by atoms with E-state index in [1.54, 1.807) is 11.3 Å². The molecule has 0 radical (unpaired) electrons. The first-order valence-electron chi connectivity index (χ1n) is 6.47. The zero-order valence-corrected chi connectivity index (χ0v) is 11.8. The predicted octanol–water partition coefficient (Wildman–Crippen LogP) is 2.09. The maximum Gasteiger partial charge on any atom is 0.321 e. The van der Waals surface area contributed by atoms with Crippen LogP contribution < -0.4 is 0 Å². The Morgan fingerprint density at radius 1 is 1.65 bits per heavy atom. The summed E-state index contributed by atoms with van der Waals surface area (Å²) in [4.78, 5) is 17.5. The third-order valence-electron chi connectivity index (χ3n) is 3.64. The number of aliphatic carboxylic acids is 1. The number of carboxylic acid groups (broad SMARTS) is 1. The summed E-state index contributed by atoms with van der Waals surface area (Å²) < 4.78 is 5.22. The topological polar surface area (TPSA) is 79.5 Å². The predicted molar refractivity (Wildman–Crippen MR) is 73.2 cm³/mol. The van der Waals surface area contributed by atoms with E-state index in [2.05, 4.69) is 10.1 Å². The Morgan fingerprint density at radius 2 is 2.50 bits per heavy atom. The van der Waals surface area contributed by atoms with E-state index in [1.165, 1.54) is 0 Å². The summed E-state index contributed by atoms with van der Waals surface area (Å²) in [6, 6.07) is 1.46. The SMILES string of the molecule is CC1CCN(Cc2nc(-c3ccsc3)no2)C1C(=O)O. The number of carbonyl (C=O) groups is 1. The van der Waals surface area contributed by atoms with Gasteiger partial charge in [-0.2, -0.15) is 16.3 Å². The molecule has 0 aromatic carbocycles. The van der Waals surface area contributed by atoms with Crippen molar-refractivity contribution in [1.29, 1.82) is 0 Å². The van der Waals surface area contributed by atoms with Crippen molar-refractivity contribution in [3.8, 4) is 11.4 Å². The Hall–Kier alpha value is -1.73. The maximum atomic E-state index is 11.3. The normalized spacial score (nSPS) is 23.2. The molecule has 106 valence electrons. The van der Waals surface area contributed by atoms with Gasteiger partial charge in [-0.1, -0.05) is 12.1 Å². The van der Waals surface area contributed by atoms with Crippen LogP contribution in [0, 0.1) is 5.92 Å². The van der Waals surface area contributed by atoms with Crippen molar-refractivity contribution in [3.63, 3.8) is 0 Å². The standard InChI is InChI=1S/C13H15N3O3S/c1-8-2-4-16(11(8)13(17)18)6-10-14-12(15-19-10)9-3-5-20-7-9/h3,5,7-8,11H,2,4,6H2,1H3,(H,17,18). The Labute approximate surface area is 120 Å². The monoisotopic (exact) mass is 293 g/mol. The van der Waals surface area contributed by atoms with Crippen LogP contribution in [0.4, 0.5) is 0 Å². The van der Waals surface area contributed by atoms with Crippen LogP contribution in [-0.4, -0.2) is 38.7 Å². The summed E-state index contributed by atoms with van der Waals surface area (Å²) in [5.41, 5.74) is 0.926. The van der Waals surface area contributed by atoms with Gasteiger partial charge in [-0.15, -0.1) is 0 Å². The highest BCUT2D eigenvalue weighted by molar-refractivity contribution is 7.08. The minimum Gasteiger partial charge on any atom is -0.480 e. The molecule has 6 nitrogen and oxygen atoms in total. The van der Waals surface area contributed by atoms with Gasteiger partial charge in [-0.05, 0) is 30.3 Å². The zero-order valence-electron chi connectivity index (χ0n) is 11.0. The van der Waals surface area contributed by atoms with Crippen molar-refractivity contribution in [2.45, 2.75) is 25.9 Å². The molecule has 0 amide bonds. The molecule has 3 heterocycles. The second-order valence-electron chi connectivity index (χ2n) is 5.04. The van der Waals surface area contributed by atoms with Crippen molar-refractivity contribution in [3.05, 3.63) is 22.7 Å². The molecule has 0 aliphatic carbocycles.